The molecule has 7 heteroatoms. The van der Waals surface area contributed by atoms with Crippen LogP contribution in [0.1, 0.15) is 25.3 Å². The number of benzene rings is 1. The van der Waals surface area contributed by atoms with E-state index < -0.39 is 0 Å². The van der Waals surface area contributed by atoms with Gasteiger partial charge < -0.3 is 10.1 Å². The summed E-state index contributed by atoms with van der Waals surface area (Å²) < 4.78 is 7.15. The van der Waals surface area contributed by atoms with Gasteiger partial charge in [-0.3, -0.25) is 4.90 Å². The van der Waals surface area contributed by atoms with Gasteiger partial charge >= 0.3 is 0 Å². The Morgan fingerprint density at radius 1 is 1.30 bits per heavy atom. The molecule has 5 nitrogen and oxygen atoms in total. The minimum Gasteiger partial charge on any atom is -0.379 e. The molecule has 156 valence electrons. The lowest BCUT2D eigenvalue weighted by atomic mass is 9.80. The van der Waals surface area contributed by atoms with E-state index in [1.165, 1.54) is 40.4 Å². The van der Waals surface area contributed by atoms with E-state index >= 15 is 0 Å². The smallest absolute Gasteiger partial charge is 0.102 e. The number of ether oxygens (including phenoxy) is 1. The van der Waals surface area contributed by atoms with Gasteiger partial charge in [-0.05, 0) is 62.5 Å². The first-order valence-electron chi connectivity index (χ1n) is 10.8. The molecule has 0 amide bonds. The lowest BCUT2D eigenvalue weighted by Crippen LogP contribution is -2.51. The standard InChI is InChI=1S/C23H26N4OS2/c1-2-27-9-6-17(23(27)7-10-28-13-23)21-12-16-18(5-8-24-22(16)30-21)26-15-3-4-20-19(11-15)25-14-29-20/h3-5,8,11,14,17,21H,2,6-7,9-10,12-13H2,1H3,(H,24,26)/t17-,21?,23+/m0/s1. The van der Waals surface area contributed by atoms with Gasteiger partial charge in [-0.25, -0.2) is 9.97 Å². The van der Waals surface area contributed by atoms with Crippen LogP contribution in [0.2, 0.25) is 0 Å². The number of nitrogens with one attached hydrogen (secondary N) is 1. The molecular formula is C23H26N4OS2. The summed E-state index contributed by atoms with van der Waals surface area (Å²) in [6.07, 6.45) is 5.47. The third kappa shape index (κ3) is 2.98. The van der Waals surface area contributed by atoms with Crippen LogP contribution in [-0.4, -0.2) is 52.0 Å². The molecule has 1 N–H and O–H groups in total. The molecule has 0 bridgehead atoms. The van der Waals surface area contributed by atoms with E-state index in [-0.39, 0.29) is 5.54 Å². The summed E-state index contributed by atoms with van der Waals surface area (Å²) in [6, 6.07) is 8.55. The van der Waals surface area contributed by atoms with E-state index in [4.69, 9.17) is 9.72 Å². The van der Waals surface area contributed by atoms with Crippen LogP contribution in [-0.2, 0) is 11.2 Å². The summed E-state index contributed by atoms with van der Waals surface area (Å²) in [5.41, 5.74) is 6.84. The fraction of sp³-hybridized carbons (Fsp3) is 0.478. The molecule has 5 heterocycles. The highest BCUT2D eigenvalue weighted by Crippen LogP contribution is 2.51. The summed E-state index contributed by atoms with van der Waals surface area (Å²) in [5, 5.41) is 5.43. The highest BCUT2D eigenvalue weighted by Gasteiger charge is 2.54. The zero-order valence-corrected chi connectivity index (χ0v) is 18.8. The number of thiazole rings is 1. The first-order valence-corrected chi connectivity index (χ1v) is 12.6. The quantitative estimate of drug-likeness (QED) is 0.622. The number of rotatable bonds is 4. The van der Waals surface area contributed by atoms with Gasteiger partial charge in [-0.1, -0.05) is 6.92 Å². The molecule has 0 saturated carbocycles. The summed E-state index contributed by atoms with van der Waals surface area (Å²) in [5.74, 6) is 0.665. The lowest BCUT2D eigenvalue weighted by Gasteiger charge is -2.39. The Bertz CT molecular complexity index is 1080. The molecule has 3 atom stereocenters. The summed E-state index contributed by atoms with van der Waals surface area (Å²) >= 11 is 3.67. The van der Waals surface area contributed by atoms with Gasteiger partial charge in [-0.2, -0.15) is 0 Å². The van der Waals surface area contributed by atoms with E-state index in [0.717, 1.165) is 37.4 Å². The second-order valence-corrected chi connectivity index (χ2v) is 10.7. The van der Waals surface area contributed by atoms with Gasteiger partial charge in [0.1, 0.15) is 5.03 Å². The second-order valence-electron chi connectivity index (χ2n) is 8.54. The van der Waals surface area contributed by atoms with Crippen LogP contribution in [0.3, 0.4) is 0 Å². The topological polar surface area (TPSA) is 50.3 Å². The van der Waals surface area contributed by atoms with Crippen molar-refractivity contribution in [3.8, 4) is 0 Å². The number of thioether (sulfide) groups is 1. The van der Waals surface area contributed by atoms with Crippen molar-refractivity contribution in [2.45, 2.75) is 42.0 Å². The third-order valence-corrected chi connectivity index (χ3v) is 9.37. The predicted octanol–water partition coefficient (Wildman–Crippen LogP) is 4.95. The van der Waals surface area contributed by atoms with Crippen molar-refractivity contribution in [1.82, 2.24) is 14.9 Å². The zero-order chi connectivity index (χ0) is 20.1. The predicted molar refractivity (Wildman–Crippen MR) is 124 cm³/mol. The average Bonchev–Trinajstić information content (AvgIpc) is 3.55. The summed E-state index contributed by atoms with van der Waals surface area (Å²) in [6.45, 7) is 6.41. The molecule has 3 aliphatic rings. The van der Waals surface area contributed by atoms with Gasteiger partial charge in [0, 0.05) is 35.0 Å². The molecule has 1 aromatic carbocycles. The van der Waals surface area contributed by atoms with Gasteiger partial charge in [0.2, 0.25) is 0 Å². The van der Waals surface area contributed by atoms with Crippen molar-refractivity contribution in [3.63, 3.8) is 0 Å². The number of hydrogen-bond donors (Lipinski definition) is 1. The number of nitrogens with zero attached hydrogens (tertiary/aromatic N) is 3. The number of pyridine rings is 1. The van der Waals surface area contributed by atoms with Crippen LogP contribution in [0.4, 0.5) is 11.4 Å². The second kappa shape index (κ2) is 7.48. The maximum atomic E-state index is 5.93. The Kier molecular flexibility index (Phi) is 4.75. The SMILES string of the molecule is CCN1CC[C@@H](C2Cc3c(Nc4ccc5scnc5c4)ccnc3S2)[C@]12CCOC2. The lowest BCUT2D eigenvalue weighted by molar-refractivity contribution is 0.0772. The Morgan fingerprint density at radius 2 is 2.27 bits per heavy atom. The molecule has 0 radical (unpaired) electrons. The molecule has 2 fully saturated rings. The molecule has 0 aliphatic carbocycles. The maximum absolute atomic E-state index is 5.93. The van der Waals surface area contributed by atoms with Gasteiger partial charge in [0.05, 0.1) is 27.9 Å². The van der Waals surface area contributed by atoms with Crippen LogP contribution in [0, 0.1) is 5.92 Å². The largest absolute Gasteiger partial charge is 0.379 e. The minimum atomic E-state index is 0.234. The molecule has 3 aliphatic heterocycles. The zero-order valence-electron chi connectivity index (χ0n) is 17.1. The van der Waals surface area contributed by atoms with Crippen LogP contribution in [0.25, 0.3) is 10.2 Å². The van der Waals surface area contributed by atoms with Gasteiger partial charge in [0.25, 0.3) is 0 Å². The molecule has 30 heavy (non-hydrogen) atoms. The van der Waals surface area contributed by atoms with E-state index in [1.54, 1.807) is 11.3 Å². The normalized spacial score (nSPS) is 28.6. The fourth-order valence-electron chi connectivity index (χ4n) is 5.73. The summed E-state index contributed by atoms with van der Waals surface area (Å²) in [7, 11) is 0. The number of likely N-dealkylation sites (tertiary alicyclic amines) is 1. The highest BCUT2D eigenvalue weighted by atomic mass is 32.2. The van der Waals surface area contributed by atoms with Crippen LogP contribution in [0.15, 0.2) is 41.0 Å². The van der Waals surface area contributed by atoms with Gasteiger partial charge in [-0.15, -0.1) is 23.1 Å². The molecular weight excluding hydrogens is 412 g/mol. The van der Waals surface area contributed by atoms with Crippen molar-refractivity contribution >= 4 is 44.7 Å². The number of fused-ring (bicyclic) bond motifs is 2. The monoisotopic (exact) mass is 438 g/mol. The van der Waals surface area contributed by atoms with E-state index in [1.807, 2.05) is 23.5 Å². The third-order valence-electron chi connectivity index (χ3n) is 7.19. The van der Waals surface area contributed by atoms with Crippen LogP contribution < -0.4 is 5.32 Å². The molecule has 2 aromatic heterocycles. The average molecular weight is 439 g/mol. The van der Waals surface area contributed by atoms with E-state index in [2.05, 4.69) is 46.4 Å². The number of hydrogen-bond acceptors (Lipinski definition) is 7. The number of likely N-dealkylation sites (N-methyl/N-ethyl adjacent to an activating group) is 1. The Hall–Kier alpha value is -1.67. The molecule has 6 rings (SSSR count). The maximum Gasteiger partial charge on any atom is 0.102 e. The summed E-state index contributed by atoms with van der Waals surface area (Å²) in [4.78, 5) is 11.9. The van der Waals surface area contributed by atoms with Crippen LogP contribution in [0.5, 0.6) is 0 Å². The van der Waals surface area contributed by atoms with Crippen molar-refractivity contribution in [2.75, 3.05) is 31.6 Å². The molecule has 1 spiro atoms. The Balaban J connectivity index is 1.27. The van der Waals surface area contributed by atoms with Crippen molar-refractivity contribution in [1.29, 1.82) is 0 Å². The first-order chi connectivity index (χ1) is 14.8. The first kappa shape index (κ1) is 19.0. The fourth-order valence-corrected chi connectivity index (χ4v) is 7.93. The van der Waals surface area contributed by atoms with Crippen molar-refractivity contribution in [2.24, 2.45) is 5.92 Å². The van der Waals surface area contributed by atoms with Crippen LogP contribution >= 0.6 is 23.1 Å². The highest BCUT2D eigenvalue weighted by molar-refractivity contribution is 8.00. The molecule has 2 saturated heterocycles. The van der Waals surface area contributed by atoms with E-state index in [9.17, 15) is 0 Å². The molecule has 3 aromatic rings. The number of anilines is 2. The number of aromatic nitrogens is 2. The van der Waals surface area contributed by atoms with Crippen molar-refractivity contribution in [3.05, 3.63) is 41.5 Å². The molecule has 1 unspecified atom stereocenters. The minimum absolute atomic E-state index is 0.234. The van der Waals surface area contributed by atoms with E-state index in [0.29, 0.717) is 11.2 Å². The van der Waals surface area contributed by atoms with Gasteiger partial charge in [0.15, 0.2) is 0 Å². The van der Waals surface area contributed by atoms with Crippen molar-refractivity contribution < 1.29 is 4.74 Å². The Morgan fingerprint density at radius 3 is 3.13 bits per heavy atom. The Labute approximate surface area is 185 Å².